The maximum Gasteiger partial charge on any atom is 0.422 e. The zero-order valence-electron chi connectivity index (χ0n) is 10.1. The molecule has 2 fully saturated rings. The Morgan fingerprint density at radius 1 is 0.579 bits per heavy atom. The molecule has 0 unspecified atom stereocenters. The molecule has 0 saturated carbocycles. The Bertz CT molecular complexity index is 500. The number of rotatable bonds is 2. The topological polar surface area (TPSA) is 36.9 Å². The van der Waals surface area contributed by atoms with Crippen molar-refractivity contribution in [1.29, 1.82) is 0 Å². The highest BCUT2D eigenvalue weighted by Crippen LogP contribution is 2.52. The summed E-state index contributed by atoms with van der Waals surface area (Å²) in [6.45, 7) is 0. The van der Waals surface area contributed by atoms with Gasteiger partial charge in [-0.05, 0) is 0 Å². The Balaban J connectivity index is 1.38. The maximum atomic E-state index is 5.53. The van der Waals surface area contributed by atoms with Crippen molar-refractivity contribution in [1.82, 2.24) is 0 Å². The van der Waals surface area contributed by atoms with Gasteiger partial charge in [0.2, 0.25) is 12.6 Å². The third-order valence-electron chi connectivity index (χ3n) is 3.15. The van der Waals surface area contributed by atoms with E-state index in [0.717, 1.165) is 11.1 Å². The van der Waals surface area contributed by atoms with E-state index in [4.69, 9.17) is 18.9 Å². The van der Waals surface area contributed by atoms with Crippen LogP contribution < -0.4 is 0 Å². The highest BCUT2D eigenvalue weighted by atomic mass is 17.2. The van der Waals surface area contributed by atoms with E-state index in [1.54, 1.807) is 0 Å². The van der Waals surface area contributed by atoms with Gasteiger partial charge in [-0.3, -0.25) is 18.9 Å². The first-order valence-electron chi connectivity index (χ1n) is 6.16. The Hall–Kier alpha value is -1.72. The zero-order valence-corrected chi connectivity index (χ0v) is 10.1. The van der Waals surface area contributed by atoms with Crippen LogP contribution in [0.15, 0.2) is 60.7 Å². The van der Waals surface area contributed by atoms with Crippen LogP contribution in [0.25, 0.3) is 0 Å². The Kier molecular flexibility index (Phi) is 2.43. The van der Waals surface area contributed by atoms with Crippen molar-refractivity contribution < 1.29 is 18.9 Å². The van der Waals surface area contributed by atoms with Gasteiger partial charge < -0.3 is 0 Å². The largest absolute Gasteiger partial charge is 0.422 e. The number of hydrogen-bond acceptors (Lipinski definition) is 4. The third kappa shape index (κ3) is 1.86. The van der Waals surface area contributed by atoms with Crippen molar-refractivity contribution in [3.8, 4) is 0 Å². The van der Waals surface area contributed by atoms with Gasteiger partial charge in [-0.15, -0.1) is 0 Å². The van der Waals surface area contributed by atoms with Crippen LogP contribution in [0.3, 0.4) is 0 Å². The van der Waals surface area contributed by atoms with Gasteiger partial charge in [0.25, 0.3) is 0 Å². The molecule has 96 valence electrons. The van der Waals surface area contributed by atoms with Crippen molar-refractivity contribution in [2.24, 2.45) is 0 Å². The molecule has 0 atom stereocenters. The Morgan fingerprint density at radius 2 is 0.947 bits per heavy atom. The van der Waals surface area contributed by atoms with E-state index in [-0.39, 0.29) is 0 Å². The summed E-state index contributed by atoms with van der Waals surface area (Å²) in [4.78, 5) is 0. The predicted octanol–water partition coefficient (Wildman–Crippen LogP) is 3.09. The molecule has 0 bridgehead atoms. The molecule has 1 spiro atoms. The highest BCUT2D eigenvalue weighted by molar-refractivity contribution is 5.19. The van der Waals surface area contributed by atoms with Crippen LogP contribution >= 0.6 is 0 Å². The predicted molar refractivity (Wildman–Crippen MR) is 65.4 cm³/mol. The first-order chi connectivity index (χ1) is 9.35. The van der Waals surface area contributed by atoms with E-state index in [1.807, 2.05) is 60.7 Å². The fourth-order valence-electron chi connectivity index (χ4n) is 2.15. The van der Waals surface area contributed by atoms with Crippen LogP contribution in [-0.4, -0.2) is 6.16 Å². The summed E-state index contributed by atoms with van der Waals surface area (Å²) in [6, 6.07) is 19.4. The Morgan fingerprint density at radius 3 is 1.32 bits per heavy atom. The van der Waals surface area contributed by atoms with Crippen molar-refractivity contribution in [3.63, 3.8) is 0 Å². The van der Waals surface area contributed by atoms with Gasteiger partial charge in [0.15, 0.2) is 0 Å². The van der Waals surface area contributed by atoms with E-state index in [1.165, 1.54) is 0 Å². The molecule has 0 radical (unpaired) electrons. The molecule has 2 aliphatic rings. The van der Waals surface area contributed by atoms with E-state index >= 15 is 0 Å². The Labute approximate surface area is 110 Å². The standard InChI is InChI=1S/C15H12O4/c1-3-7-11(8-4-1)13-16-15(17-13)18-14(19-15)12-9-5-2-6-10-12/h1-10,13-14H. The average molecular weight is 256 g/mol. The number of benzene rings is 2. The first-order valence-corrected chi connectivity index (χ1v) is 6.16. The van der Waals surface area contributed by atoms with Crippen molar-refractivity contribution in [2.45, 2.75) is 18.7 Å². The molecule has 2 heterocycles. The summed E-state index contributed by atoms with van der Waals surface area (Å²) in [7, 11) is 0. The lowest BCUT2D eigenvalue weighted by molar-refractivity contribution is -0.725. The normalized spacial score (nSPS) is 32.6. The minimum Gasteiger partial charge on any atom is -0.268 e. The molecule has 4 nitrogen and oxygen atoms in total. The third-order valence-corrected chi connectivity index (χ3v) is 3.15. The number of hydrogen-bond donors (Lipinski definition) is 0. The minimum atomic E-state index is -1.30. The second kappa shape index (κ2) is 4.15. The van der Waals surface area contributed by atoms with Gasteiger partial charge in [0, 0.05) is 11.1 Å². The summed E-state index contributed by atoms with van der Waals surface area (Å²) in [6.07, 6.45) is -2.14. The molecule has 2 aromatic carbocycles. The molecular weight excluding hydrogens is 244 g/mol. The summed E-state index contributed by atoms with van der Waals surface area (Å²) < 4.78 is 22.1. The summed E-state index contributed by atoms with van der Waals surface area (Å²) in [5.41, 5.74) is 1.90. The van der Waals surface area contributed by atoms with Gasteiger partial charge in [-0.1, -0.05) is 60.7 Å². The SMILES string of the molecule is c1ccc(C2OC3(O2)OC(c2ccccc2)O3)cc1. The molecule has 0 N–H and O–H groups in total. The summed E-state index contributed by atoms with van der Waals surface area (Å²) in [5.74, 6) is 0. The smallest absolute Gasteiger partial charge is 0.268 e. The van der Waals surface area contributed by atoms with E-state index < -0.39 is 18.7 Å². The quantitative estimate of drug-likeness (QED) is 0.827. The molecule has 19 heavy (non-hydrogen) atoms. The lowest BCUT2D eigenvalue weighted by Gasteiger charge is -2.53. The molecular formula is C15H12O4. The fourth-order valence-corrected chi connectivity index (χ4v) is 2.15. The maximum absolute atomic E-state index is 5.53. The lowest BCUT2D eigenvalue weighted by Crippen LogP contribution is -2.61. The molecule has 2 aliphatic heterocycles. The second-order valence-corrected chi connectivity index (χ2v) is 4.46. The summed E-state index contributed by atoms with van der Waals surface area (Å²) in [5, 5.41) is 0. The molecule has 2 aromatic rings. The average Bonchev–Trinajstić information content (AvgIpc) is 2.38. The summed E-state index contributed by atoms with van der Waals surface area (Å²) >= 11 is 0. The van der Waals surface area contributed by atoms with Crippen molar-refractivity contribution in [3.05, 3.63) is 71.8 Å². The zero-order chi connectivity index (χ0) is 12.7. The van der Waals surface area contributed by atoms with E-state index in [0.29, 0.717) is 0 Å². The molecule has 0 aromatic heterocycles. The van der Waals surface area contributed by atoms with Crippen LogP contribution in [0.5, 0.6) is 0 Å². The highest BCUT2D eigenvalue weighted by Gasteiger charge is 2.61. The molecule has 0 amide bonds. The van der Waals surface area contributed by atoms with Crippen LogP contribution in [0.4, 0.5) is 0 Å². The van der Waals surface area contributed by atoms with Crippen LogP contribution in [0, 0.1) is 0 Å². The second-order valence-electron chi connectivity index (χ2n) is 4.46. The van der Waals surface area contributed by atoms with Gasteiger partial charge in [0.05, 0.1) is 0 Å². The molecule has 4 rings (SSSR count). The first kappa shape index (κ1) is 11.1. The van der Waals surface area contributed by atoms with Crippen LogP contribution in [0.1, 0.15) is 23.7 Å². The van der Waals surface area contributed by atoms with Crippen molar-refractivity contribution >= 4 is 0 Å². The fraction of sp³-hybridized carbons (Fsp3) is 0.200. The van der Waals surface area contributed by atoms with Gasteiger partial charge >= 0.3 is 6.16 Å². The van der Waals surface area contributed by atoms with E-state index in [2.05, 4.69) is 0 Å². The van der Waals surface area contributed by atoms with Crippen LogP contribution in [0.2, 0.25) is 0 Å². The monoisotopic (exact) mass is 256 g/mol. The van der Waals surface area contributed by atoms with Crippen molar-refractivity contribution in [2.75, 3.05) is 0 Å². The van der Waals surface area contributed by atoms with Gasteiger partial charge in [-0.2, -0.15) is 0 Å². The lowest BCUT2D eigenvalue weighted by atomic mass is 10.2. The molecule has 2 saturated heterocycles. The van der Waals surface area contributed by atoms with Gasteiger partial charge in [0.1, 0.15) is 0 Å². The van der Waals surface area contributed by atoms with Gasteiger partial charge in [-0.25, -0.2) is 0 Å². The van der Waals surface area contributed by atoms with Crippen LogP contribution in [-0.2, 0) is 18.9 Å². The molecule has 4 heteroatoms. The minimum absolute atomic E-state index is 0.419. The molecule has 0 aliphatic carbocycles. The van der Waals surface area contributed by atoms with E-state index in [9.17, 15) is 0 Å². The number of ether oxygens (including phenoxy) is 4.